The molecule has 0 radical (unpaired) electrons. The first kappa shape index (κ1) is 17.6. The fourth-order valence-corrected chi connectivity index (χ4v) is 3.75. The highest BCUT2D eigenvalue weighted by atomic mass is 19.1. The summed E-state index contributed by atoms with van der Waals surface area (Å²) in [6.07, 6.45) is 0.467. The molecule has 6 heteroatoms. The first-order valence-electron chi connectivity index (χ1n) is 9.13. The first-order valence-corrected chi connectivity index (χ1v) is 9.13. The number of H-pyrrole nitrogens is 1. The van der Waals surface area contributed by atoms with E-state index in [1.165, 1.54) is 12.1 Å². The van der Waals surface area contributed by atoms with Crippen LogP contribution in [0.2, 0.25) is 0 Å². The second-order valence-corrected chi connectivity index (χ2v) is 7.53. The number of nitrogens with zero attached hydrogens (tertiary/aromatic N) is 3. The Morgan fingerprint density at radius 1 is 1.07 bits per heavy atom. The molecule has 4 aromatic rings. The van der Waals surface area contributed by atoms with Crippen molar-refractivity contribution >= 4 is 21.8 Å². The summed E-state index contributed by atoms with van der Waals surface area (Å²) < 4.78 is 30.2. The molecule has 2 heterocycles. The second kappa shape index (κ2) is 6.44. The Kier molecular flexibility index (Phi) is 4.21. The Balaban J connectivity index is 1.72. The van der Waals surface area contributed by atoms with E-state index in [0.717, 1.165) is 33.2 Å². The van der Waals surface area contributed by atoms with Crippen LogP contribution in [0.1, 0.15) is 49.6 Å². The van der Waals surface area contributed by atoms with Gasteiger partial charge < -0.3 is 0 Å². The molecule has 0 spiro atoms. The van der Waals surface area contributed by atoms with Gasteiger partial charge in [-0.1, -0.05) is 20.8 Å². The van der Waals surface area contributed by atoms with E-state index >= 15 is 0 Å². The van der Waals surface area contributed by atoms with E-state index in [-0.39, 0.29) is 23.5 Å². The van der Waals surface area contributed by atoms with E-state index in [2.05, 4.69) is 15.3 Å². The maximum atomic E-state index is 14.8. The van der Waals surface area contributed by atoms with Gasteiger partial charge in [-0.2, -0.15) is 10.2 Å². The highest BCUT2D eigenvalue weighted by Gasteiger charge is 2.19. The maximum absolute atomic E-state index is 14.8. The molecule has 0 saturated carbocycles. The van der Waals surface area contributed by atoms with E-state index in [1.54, 1.807) is 22.9 Å². The predicted octanol–water partition coefficient (Wildman–Crippen LogP) is 5.20. The average molecular weight is 368 g/mol. The van der Waals surface area contributed by atoms with Gasteiger partial charge in [0.05, 0.1) is 16.7 Å². The zero-order valence-electron chi connectivity index (χ0n) is 15.8. The predicted molar refractivity (Wildman–Crippen MR) is 103 cm³/mol. The quantitative estimate of drug-likeness (QED) is 0.538. The van der Waals surface area contributed by atoms with Gasteiger partial charge in [0.25, 0.3) is 0 Å². The summed E-state index contributed by atoms with van der Waals surface area (Å²) in [4.78, 5) is 0. The Bertz CT molecular complexity index is 1140. The number of benzene rings is 2. The molecule has 0 aliphatic carbocycles. The van der Waals surface area contributed by atoms with Crippen LogP contribution in [0.15, 0.2) is 30.3 Å². The van der Waals surface area contributed by atoms with Gasteiger partial charge in [-0.25, -0.2) is 8.78 Å². The Morgan fingerprint density at radius 3 is 2.59 bits per heavy atom. The molecule has 2 aromatic heterocycles. The van der Waals surface area contributed by atoms with Crippen molar-refractivity contribution in [1.82, 2.24) is 20.0 Å². The standard InChI is InChI=1S/C21H22F2N4/c1-11(2)20-15-10-17(23)13(8-18(15)24-25-20)7-12(3)21-16-9-14(22)5-6-19(16)27(4)26-21/h5-6,8-12H,7H2,1-4H3,(H,24,25). The Labute approximate surface area is 156 Å². The molecule has 140 valence electrons. The summed E-state index contributed by atoms with van der Waals surface area (Å²) >= 11 is 0. The smallest absolute Gasteiger partial charge is 0.127 e. The minimum atomic E-state index is -0.297. The number of hydrogen-bond donors (Lipinski definition) is 1. The lowest BCUT2D eigenvalue weighted by atomic mass is 9.94. The highest BCUT2D eigenvalue weighted by Crippen LogP contribution is 2.31. The van der Waals surface area contributed by atoms with Gasteiger partial charge >= 0.3 is 0 Å². The van der Waals surface area contributed by atoms with Gasteiger partial charge in [0.1, 0.15) is 11.6 Å². The van der Waals surface area contributed by atoms with Crippen LogP contribution in [0, 0.1) is 11.6 Å². The molecule has 4 nitrogen and oxygen atoms in total. The molecule has 0 saturated heterocycles. The van der Waals surface area contributed by atoms with Crippen LogP contribution in [0.5, 0.6) is 0 Å². The molecule has 0 aliphatic rings. The third kappa shape index (κ3) is 2.99. The van der Waals surface area contributed by atoms with E-state index in [9.17, 15) is 8.78 Å². The van der Waals surface area contributed by atoms with Crippen molar-refractivity contribution in [2.45, 2.75) is 39.0 Å². The summed E-state index contributed by atoms with van der Waals surface area (Å²) in [5.41, 5.74) is 3.93. The number of hydrogen-bond acceptors (Lipinski definition) is 2. The summed E-state index contributed by atoms with van der Waals surface area (Å²) in [5, 5.41) is 13.5. The summed E-state index contributed by atoms with van der Waals surface area (Å²) in [6.45, 7) is 6.08. The van der Waals surface area contributed by atoms with Gasteiger partial charge in [0, 0.05) is 29.4 Å². The van der Waals surface area contributed by atoms with E-state index < -0.39 is 0 Å². The number of aromatic amines is 1. The van der Waals surface area contributed by atoms with E-state index in [4.69, 9.17) is 0 Å². The average Bonchev–Trinajstić information content (AvgIpc) is 3.16. The molecule has 1 N–H and O–H groups in total. The van der Waals surface area contributed by atoms with Crippen LogP contribution in [-0.2, 0) is 13.5 Å². The Hall–Kier alpha value is -2.76. The maximum Gasteiger partial charge on any atom is 0.127 e. The molecule has 1 unspecified atom stereocenters. The van der Waals surface area contributed by atoms with Crippen LogP contribution < -0.4 is 0 Å². The zero-order chi connectivity index (χ0) is 19.3. The molecular formula is C21H22F2N4. The largest absolute Gasteiger partial charge is 0.281 e. The fourth-order valence-electron chi connectivity index (χ4n) is 3.75. The Morgan fingerprint density at radius 2 is 1.85 bits per heavy atom. The zero-order valence-corrected chi connectivity index (χ0v) is 15.8. The van der Waals surface area contributed by atoms with E-state index in [1.807, 2.05) is 27.8 Å². The molecule has 2 aromatic carbocycles. The van der Waals surface area contributed by atoms with Crippen molar-refractivity contribution < 1.29 is 8.78 Å². The van der Waals surface area contributed by atoms with Gasteiger partial charge in [0.2, 0.25) is 0 Å². The van der Waals surface area contributed by atoms with Crippen LogP contribution in [0.4, 0.5) is 8.78 Å². The normalized spacial score (nSPS) is 13.1. The molecule has 0 aliphatic heterocycles. The lowest BCUT2D eigenvalue weighted by Crippen LogP contribution is -2.03. The van der Waals surface area contributed by atoms with Crippen LogP contribution in [0.25, 0.3) is 21.8 Å². The van der Waals surface area contributed by atoms with Crippen molar-refractivity contribution in [3.63, 3.8) is 0 Å². The minimum Gasteiger partial charge on any atom is -0.281 e. The molecule has 0 amide bonds. The van der Waals surface area contributed by atoms with Crippen molar-refractivity contribution in [3.8, 4) is 0 Å². The number of aryl methyl sites for hydroxylation is 1. The molecule has 0 fully saturated rings. The summed E-state index contributed by atoms with van der Waals surface area (Å²) in [6, 6.07) is 8.01. The van der Waals surface area contributed by atoms with Gasteiger partial charge in [-0.15, -0.1) is 0 Å². The second-order valence-electron chi connectivity index (χ2n) is 7.53. The van der Waals surface area contributed by atoms with Crippen LogP contribution >= 0.6 is 0 Å². The van der Waals surface area contributed by atoms with Crippen LogP contribution in [0.3, 0.4) is 0 Å². The molecule has 27 heavy (non-hydrogen) atoms. The lowest BCUT2D eigenvalue weighted by molar-refractivity contribution is 0.594. The van der Waals surface area contributed by atoms with Crippen molar-refractivity contribution in [1.29, 1.82) is 0 Å². The highest BCUT2D eigenvalue weighted by molar-refractivity contribution is 5.83. The van der Waals surface area contributed by atoms with E-state index in [0.29, 0.717) is 12.0 Å². The van der Waals surface area contributed by atoms with Gasteiger partial charge in [-0.05, 0) is 48.2 Å². The third-order valence-electron chi connectivity index (χ3n) is 5.16. The molecular weight excluding hydrogens is 346 g/mol. The minimum absolute atomic E-state index is 0.0639. The van der Waals surface area contributed by atoms with Gasteiger partial charge in [0.15, 0.2) is 0 Å². The number of halogens is 2. The molecule has 1 atom stereocenters. The van der Waals surface area contributed by atoms with Crippen molar-refractivity contribution in [2.24, 2.45) is 7.05 Å². The number of nitrogens with one attached hydrogen (secondary N) is 1. The van der Waals surface area contributed by atoms with Gasteiger partial charge in [-0.3, -0.25) is 9.78 Å². The summed E-state index contributed by atoms with van der Waals surface area (Å²) in [5.74, 6) is -0.363. The SMILES string of the molecule is CC(C)c1[nH]nc2cc(CC(C)c3nn(C)c4ccc(F)cc34)c(F)cc12. The summed E-state index contributed by atoms with van der Waals surface area (Å²) in [7, 11) is 1.83. The van der Waals surface area contributed by atoms with Crippen molar-refractivity contribution in [2.75, 3.05) is 0 Å². The monoisotopic (exact) mass is 368 g/mol. The van der Waals surface area contributed by atoms with Crippen molar-refractivity contribution in [3.05, 3.63) is 58.9 Å². The molecule has 0 bridgehead atoms. The first-order chi connectivity index (χ1) is 12.8. The third-order valence-corrected chi connectivity index (χ3v) is 5.16. The number of aromatic nitrogens is 4. The number of fused-ring (bicyclic) bond motifs is 2. The topological polar surface area (TPSA) is 46.5 Å². The fraction of sp³-hybridized carbons (Fsp3) is 0.333. The molecule has 4 rings (SSSR count). The number of rotatable bonds is 4. The van der Waals surface area contributed by atoms with Crippen LogP contribution in [-0.4, -0.2) is 20.0 Å². The lowest BCUT2D eigenvalue weighted by Gasteiger charge is -2.11.